The van der Waals surface area contributed by atoms with Crippen LogP contribution in [0.5, 0.6) is 11.5 Å². The number of phenols is 1. The third-order valence-corrected chi connectivity index (χ3v) is 3.74. The zero-order chi connectivity index (χ0) is 15.2. The van der Waals surface area contributed by atoms with Crippen LogP contribution in [-0.2, 0) is 0 Å². The van der Waals surface area contributed by atoms with Crippen LogP contribution < -0.4 is 10.1 Å². The van der Waals surface area contributed by atoms with E-state index >= 15 is 0 Å². The number of nitrogens with one attached hydrogen (secondary N) is 1. The van der Waals surface area contributed by atoms with Crippen LogP contribution in [-0.4, -0.2) is 74.2 Å². The van der Waals surface area contributed by atoms with Crippen molar-refractivity contribution in [3.05, 3.63) is 23.8 Å². The molecule has 1 aromatic carbocycles. The van der Waals surface area contributed by atoms with Crippen LogP contribution >= 0.6 is 0 Å². The summed E-state index contributed by atoms with van der Waals surface area (Å²) in [7, 11) is 3.29. The van der Waals surface area contributed by atoms with Gasteiger partial charge in [-0.2, -0.15) is 0 Å². The number of methoxy groups -OCH3 is 1. The Morgan fingerprint density at radius 3 is 2.81 bits per heavy atom. The van der Waals surface area contributed by atoms with Crippen molar-refractivity contribution in [2.24, 2.45) is 0 Å². The van der Waals surface area contributed by atoms with Gasteiger partial charge in [0, 0.05) is 46.3 Å². The molecule has 1 saturated heterocycles. The molecule has 6 heteroatoms. The molecule has 0 spiro atoms. The third kappa shape index (κ3) is 4.09. The molecule has 1 aliphatic rings. The van der Waals surface area contributed by atoms with Crippen LogP contribution in [0.4, 0.5) is 0 Å². The Morgan fingerprint density at radius 1 is 1.43 bits per heavy atom. The van der Waals surface area contributed by atoms with Crippen LogP contribution in [0.2, 0.25) is 0 Å². The number of phenolic OH excluding ortho intramolecular Hbond substituents is 1. The number of piperazine rings is 1. The lowest BCUT2D eigenvalue weighted by molar-refractivity contribution is 0.0771. The highest BCUT2D eigenvalue weighted by molar-refractivity contribution is 5.97. The van der Waals surface area contributed by atoms with Crippen LogP contribution in [0.15, 0.2) is 18.2 Å². The highest BCUT2D eigenvalue weighted by atomic mass is 16.5. The quantitative estimate of drug-likeness (QED) is 0.821. The number of rotatable bonds is 5. The lowest BCUT2D eigenvalue weighted by Gasteiger charge is -2.29. The van der Waals surface area contributed by atoms with Crippen LogP contribution in [0, 0.1) is 0 Å². The number of aromatic hydroxyl groups is 1. The van der Waals surface area contributed by atoms with Gasteiger partial charge < -0.3 is 20.1 Å². The molecule has 0 atom stereocenters. The number of carbonyl (C=O) groups is 1. The van der Waals surface area contributed by atoms with Gasteiger partial charge in [0.1, 0.15) is 11.5 Å². The second-order valence-corrected chi connectivity index (χ2v) is 5.20. The minimum Gasteiger partial charge on any atom is -0.507 e. The number of hydrogen-bond acceptors (Lipinski definition) is 5. The maximum Gasteiger partial charge on any atom is 0.257 e. The van der Waals surface area contributed by atoms with E-state index in [1.165, 1.54) is 13.2 Å². The van der Waals surface area contributed by atoms with Crippen molar-refractivity contribution >= 4 is 5.91 Å². The van der Waals surface area contributed by atoms with Crippen molar-refractivity contribution in [2.45, 2.75) is 0 Å². The van der Waals surface area contributed by atoms with Gasteiger partial charge in [0.05, 0.1) is 12.7 Å². The summed E-state index contributed by atoms with van der Waals surface area (Å²) in [4.78, 5) is 16.3. The normalized spacial score (nSPS) is 15.7. The van der Waals surface area contributed by atoms with Gasteiger partial charge in [-0.05, 0) is 18.2 Å². The van der Waals surface area contributed by atoms with Gasteiger partial charge in [0.25, 0.3) is 5.91 Å². The molecule has 2 rings (SSSR count). The Hall–Kier alpha value is -1.79. The molecule has 2 N–H and O–H groups in total. The maximum atomic E-state index is 12.4. The topological polar surface area (TPSA) is 65.0 Å². The second kappa shape index (κ2) is 7.28. The zero-order valence-electron chi connectivity index (χ0n) is 12.6. The molecule has 6 nitrogen and oxygen atoms in total. The maximum absolute atomic E-state index is 12.4. The van der Waals surface area contributed by atoms with Crippen molar-refractivity contribution in [2.75, 3.05) is 53.4 Å². The predicted octanol–water partition coefficient (Wildman–Crippen LogP) is 0.378. The molecular formula is C15H23N3O3. The molecular weight excluding hydrogens is 270 g/mol. The van der Waals surface area contributed by atoms with E-state index in [-0.39, 0.29) is 17.2 Å². The number of carbonyl (C=O) groups excluding carboxylic acids is 1. The highest BCUT2D eigenvalue weighted by Gasteiger charge is 2.18. The summed E-state index contributed by atoms with van der Waals surface area (Å²) in [6, 6.07) is 4.68. The molecule has 0 saturated carbocycles. The molecule has 116 valence electrons. The monoisotopic (exact) mass is 293 g/mol. The summed E-state index contributed by atoms with van der Waals surface area (Å²) in [5.41, 5.74) is 0.275. The minimum atomic E-state index is -0.193. The average Bonchev–Trinajstić information content (AvgIpc) is 2.53. The van der Waals surface area contributed by atoms with Gasteiger partial charge in [0.2, 0.25) is 0 Å². The van der Waals surface area contributed by atoms with Gasteiger partial charge in [-0.3, -0.25) is 9.69 Å². The lowest BCUT2D eigenvalue weighted by atomic mass is 10.1. The van der Waals surface area contributed by atoms with Crippen molar-refractivity contribution < 1.29 is 14.6 Å². The first-order chi connectivity index (χ1) is 10.1. The van der Waals surface area contributed by atoms with Gasteiger partial charge in [-0.15, -0.1) is 0 Å². The van der Waals surface area contributed by atoms with Gasteiger partial charge in [0.15, 0.2) is 0 Å². The van der Waals surface area contributed by atoms with Gasteiger partial charge >= 0.3 is 0 Å². The highest BCUT2D eigenvalue weighted by Crippen LogP contribution is 2.23. The Balaban J connectivity index is 1.95. The summed E-state index contributed by atoms with van der Waals surface area (Å²) in [5.74, 6) is 0.350. The zero-order valence-corrected chi connectivity index (χ0v) is 12.6. The fraction of sp³-hybridized carbons (Fsp3) is 0.533. The van der Waals surface area contributed by atoms with E-state index in [2.05, 4.69) is 10.2 Å². The summed E-state index contributed by atoms with van der Waals surface area (Å²) in [6.07, 6.45) is 0. The van der Waals surface area contributed by atoms with Gasteiger partial charge in [-0.25, -0.2) is 0 Å². The molecule has 1 heterocycles. The first-order valence-corrected chi connectivity index (χ1v) is 7.17. The van der Waals surface area contributed by atoms with Crippen LogP contribution in [0.1, 0.15) is 10.4 Å². The molecule has 0 aliphatic carbocycles. The predicted molar refractivity (Wildman–Crippen MR) is 80.9 cm³/mol. The first-order valence-electron chi connectivity index (χ1n) is 7.17. The van der Waals surface area contributed by atoms with E-state index in [9.17, 15) is 9.90 Å². The smallest absolute Gasteiger partial charge is 0.257 e. The molecule has 0 bridgehead atoms. The molecule has 1 amide bonds. The summed E-state index contributed by atoms with van der Waals surface area (Å²) in [5, 5.41) is 13.1. The summed E-state index contributed by atoms with van der Waals surface area (Å²) < 4.78 is 5.10. The fourth-order valence-electron chi connectivity index (χ4n) is 2.35. The van der Waals surface area contributed by atoms with Crippen molar-refractivity contribution in [3.8, 4) is 11.5 Å². The van der Waals surface area contributed by atoms with E-state index in [1.807, 2.05) is 0 Å². The standard InChI is InChI=1S/C15H23N3O3/c1-17(9-10-18-7-5-16-6-8-18)15(20)13-11-12(21-2)3-4-14(13)19/h3-4,11,16,19H,5-10H2,1-2H3. The Labute approximate surface area is 125 Å². The van der Waals surface area contributed by atoms with Crippen molar-refractivity contribution in [1.82, 2.24) is 15.1 Å². The van der Waals surface area contributed by atoms with Crippen LogP contribution in [0.25, 0.3) is 0 Å². The SMILES string of the molecule is COc1ccc(O)c(C(=O)N(C)CCN2CCNCC2)c1. The van der Waals surface area contributed by atoms with E-state index in [0.717, 1.165) is 32.7 Å². The Morgan fingerprint density at radius 2 is 2.14 bits per heavy atom. The number of nitrogens with zero attached hydrogens (tertiary/aromatic N) is 2. The van der Waals surface area contributed by atoms with E-state index in [1.54, 1.807) is 24.1 Å². The van der Waals surface area contributed by atoms with E-state index in [4.69, 9.17) is 4.74 Å². The first kappa shape index (κ1) is 15.6. The molecule has 0 unspecified atom stereocenters. The number of hydrogen-bond donors (Lipinski definition) is 2. The second-order valence-electron chi connectivity index (χ2n) is 5.20. The Bertz CT molecular complexity index is 487. The van der Waals surface area contributed by atoms with Crippen molar-refractivity contribution in [3.63, 3.8) is 0 Å². The van der Waals surface area contributed by atoms with E-state index < -0.39 is 0 Å². The molecule has 0 aromatic heterocycles. The number of amides is 1. The number of likely N-dealkylation sites (N-methyl/N-ethyl adjacent to an activating group) is 1. The molecule has 1 fully saturated rings. The van der Waals surface area contributed by atoms with Gasteiger partial charge in [-0.1, -0.05) is 0 Å². The largest absolute Gasteiger partial charge is 0.507 e. The third-order valence-electron chi connectivity index (χ3n) is 3.74. The molecule has 0 radical (unpaired) electrons. The van der Waals surface area contributed by atoms with Crippen molar-refractivity contribution in [1.29, 1.82) is 0 Å². The minimum absolute atomic E-state index is 0.0187. The van der Waals surface area contributed by atoms with Crippen LogP contribution in [0.3, 0.4) is 0 Å². The molecule has 1 aliphatic heterocycles. The number of ether oxygens (including phenoxy) is 1. The Kier molecular flexibility index (Phi) is 5.41. The molecule has 1 aromatic rings. The number of benzene rings is 1. The summed E-state index contributed by atoms with van der Waals surface area (Å²) >= 11 is 0. The fourth-order valence-corrected chi connectivity index (χ4v) is 2.35. The van der Waals surface area contributed by atoms with E-state index in [0.29, 0.717) is 12.3 Å². The molecule has 21 heavy (non-hydrogen) atoms. The average molecular weight is 293 g/mol. The summed E-state index contributed by atoms with van der Waals surface area (Å²) in [6.45, 7) is 5.48. The lowest BCUT2D eigenvalue weighted by Crippen LogP contribution is -2.46.